The van der Waals surface area contributed by atoms with Crippen LogP contribution in [0.5, 0.6) is 0 Å². The van der Waals surface area contributed by atoms with Gasteiger partial charge in [0.2, 0.25) is 5.16 Å². The number of thiol groups is 1. The van der Waals surface area contributed by atoms with Gasteiger partial charge < -0.3 is 0 Å². The van der Waals surface area contributed by atoms with E-state index >= 15 is 0 Å². The SMILES string of the molecule is SC1N2N=C(c3ccccc3)[N+]1(c1ccccc1)Sc1ccnc(n1)S2. The zero-order chi connectivity index (χ0) is 17.6. The zero-order valence-electron chi connectivity index (χ0n) is 13.5. The Hall–Kier alpha value is -2.00. The lowest BCUT2D eigenvalue weighted by Crippen LogP contribution is -2.52. The summed E-state index contributed by atoms with van der Waals surface area (Å²) in [6.45, 7) is 0. The molecule has 2 aromatic carbocycles. The van der Waals surface area contributed by atoms with E-state index < -0.39 is 0 Å². The first-order valence-corrected chi connectivity index (χ1v) is 10.1. The summed E-state index contributed by atoms with van der Waals surface area (Å²) in [6, 6.07) is 22.5. The van der Waals surface area contributed by atoms with E-state index in [4.69, 9.17) is 17.7 Å². The highest BCUT2D eigenvalue weighted by Gasteiger charge is 2.56. The smallest absolute Gasteiger partial charge is 0.230 e. The molecule has 3 aromatic rings. The summed E-state index contributed by atoms with van der Waals surface area (Å²) in [4.78, 5) is 9.00. The lowest BCUT2D eigenvalue weighted by atomic mass is 10.2. The van der Waals surface area contributed by atoms with Gasteiger partial charge in [0.1, 0.15) is 11.9 Å². The second-order valence-electron chi connectivity index (χ2n) is 5.79. The van der Waals surface area contributed by atoms with Crippen LogP contribution < -0.4 is 3.89 Å². The second-order valence-corrected chi connectivity index (χ2v) is 8.35. The van der Waals surface area contributed by atoms with Crippen molar-refractivity contribution in [2.75, 3.05) is 0 Å². The average Bonchev–Trinajstić information content (AvgIpc) is 2.98. The molecule has 0 amide bonds. The normalized spacial score (nSPS) is 24.0. The first kappa shape index (κ1) is 16.2. The summed E-state index contributed by atoms with van der Waals surface area (Å²) in [5.74, 6) is 0.929. The number of hydrogen-bond donors (Lipinski definition) is 1. The molecule has 0 spiro atoms. The molecule has 2 aliphatic heterocycles. The molecule has 5 rings (SSSR count). The van der Waals surface area contributed by atoms with Crippen LogP contribution in [0.2, 0.25) is 0 Å². The molecule has 2 atom stereocenters. The lowest BCUT2D eigenvalue weighted by Gasteiger charge is -2.35. The molecule has 0 aliphatic carbocycles. The fourth-order valence-electron chi connectivity index (χ4n) is 3.06. The number of hydrazone groups is 1. The average molecular weight is 397 g/mol. The molecule has 3 heterocycles. The maximum atomic E-state index is 4.99. The number of nitrogens with zero attached hydrogens (tertiary/aromatic N) is 5. The zero-order valence-corrected chi connectivity index (χ0v) is 16.0. The Bertz CT molecular complexity index is 982. The van der Waals surface area contributed by atoms with Crippen molar-refractivity contribution in [3.63, 3.8) is 0 Å². The van der Waals surface area contributed by atoms with Gasteiger partial charge >= 0.3 is 0 Å². The van der Waals surface area contributed by atoms with Crippen molar-refractivity contribution < 1.29 is 0 Å². The van der Waals surface area contributed by atoms with Crippen LogP contribution in [-0.4, -0.2) is 25.7 Å². The Kier molecular flexibility index (Phi) is 3.93. The first-order valence-electron chi connectivity index (χ1n) is 8.04. The Balaban J connectivity index is 1.78. The van der Waals surface area contributed by atoms with Crippen molar-refractivity contribution in [3.8, 4) is 0 Å². The number of fused-ring (bicyclic) bond motifs is 4. The van der Waals surface area contributed by atoms with Crippen LogP contribution in [-0.2, 0) is 0 Å². The van der Waals surface area contributed by atoms with E-state index in [0.29, 0.717) is 9.04 Å². The number of aromatic nitrogens is 2. The van der Waals surface area contributed by atoms with Crippen LogP contribution in [0.15, 0.2) is 88.2 Å². The Morgan fingerprint density at radius 2 is 1.69 bits per heavy atom. The number of benzene rings is 2. The summed E-state index contributed by atoms with van der Waals surface area (Å²) in [6.07, 6.45) is 1.79. The number of rotatable bonds is 2. The van der Waals surface area contributed by atoms with Gasteiger partial charge in [-0.05, 0) is 18.2 Å². The van der Waals surface area contributed by atoms with E-state index in [2.05, 4.69) is 34.2 Å². The van der Waals surface area contributed by atoms with Crippen LogP contribution in [0.1, 0.15) is 5.56 Å². The Morgan fingerprint density at radius 3 is 2.46 bits per heavy atom. The van der Waals surface area contributed by atoms with Crippen LogP contribution in [0, 0.1) is 0 Å². The standard InChI is InChI=1S/C18H13N5S3/c24-18-22-21-16(13-7-3-1-4-8-13)23(18,14-9-5-2-6-10-14)26-15-11-12-19-17(20-15)25-22/h1-12,18H/p+1. The van der Waals surface area contributed by atoms with Crippen molar-refractivity contribution in [2.45, 2.75) is 15.7 Å². The quantitative estimate of drug-likeness (QED) is 0.229. The van der Waals surface area contributed by atoms with Gasteiger partial charge in [-0.15, -0.1) is 8.99 Å². The fraction of sp³-hybridized carbons (Fsp3) is 0.0556. The molecule has 2 unspecified atom stereocenters. The van der Waals surface area contributed by atoms with Crippen molar-refractivity contribution in [3.05, 3.63) is 78.5 Å². The van der Waals surface area contributed by atoms with E-state index in [0.717, 1.165) is 22.1 Å². The van der Waals surface area contributed by atoms with Gasteiger partial charge in [0.15, 0.2) is 10.7 Å². The minimum atomic E-state index is -0.218. The molecule has 26 heavy (non-hydrogen) atoms. The second kappa shape index (κ2) is 6.31. The molecule has 4 bridgehead atoms. The number of amidine groups is 1. The largest absolute Gasteiger partial charge is 0.272 e. The summed E-state index contributed by atoms with van der Waals surface area (Å²) in [7, 11) is 0. The lowest BCUT2D eigenvalue weighted by molar-refractivity contribution is 0.423. The van der Waals surface area contributed by atoms with Crippen molar-refractivity contribution in [1.82, 2.24) is 18.3 Å². The molecular formula is C18H14N5S3+. The van der Waals surface area contributed by atoms with Crippen molar-refractivity contribution >= 4 is 48.0 Å². The summed E-state index contributed by atoms with van der Waals surface area (Å²) in [5.41, 5.74) is 1.95. The molecule has 1 aromatic heterocycles. The van der Waals surface area contributed by atoms with Crippen LogP contribution in [0.4, 0.5) is 5.69 Å². The van der Waals surface area contributed by atoms with E-state index in [-0.39, 0.29) is 5.50 Å². The molecule has 5 nitrogen and oxygen atoms in total. The van der Waals surface area contributed by atoms with Crippen molar-refractivity contribution in [1.29, 1.82) is 0 Å². The summed E-state index contributed by atoms with van der Waals surface area (Å²) >= 11 is 8.03. The number of hydrogen-bond acceptors (Lipinski definition) is 7. The first-order chi connectivity index (χ1) is 12.8. The molecule has 128 valence electrons. The highest BCUT2D eigenvalue weighted by molar-refractivity contribution is 8.01. The van der Waals surface area contributed by atoms with Crippen LogP contribution in [0.25, 0.3) is 0 Å². The molecule has 2 aliphatic rings. The third-order valence-corrected chi connectivity index (χ3v) is 7.22. The molecule has 0 saturated heterocycles. The molecule has 8 heteroatoms. The molecular weight excluding hydrogens is 382 g/mol. The maximum Gasteiger partial charge on any atom is 0.272 e. The molecule has 0 fully saturated rings. The van der Waals surface area contributed by atoms with E-state index in [1.165, 1.54) is 11.9 Å². The van der Waals surface area contributed by atoms with Gasteiger partial charge in [-0.1, -0.05) is 49.0 Å². The predicted molar refractivity (Wildman–Crippen MR) is 110 cm³/mol. The topological polar surface area (TPSA) is 41.4 Å². The van der Waals surface area contributed by atoms with Gasteiger partial charge in [0.25, 0.3) is 11.3 Å². The van der Waals surface area contributed by atoms with E-state index in [1.54, 1.807) is 18.1 Å². The van der Waals surface area contributed by atoms with Gasteiger partial charge in [-0.2, -0.15) is 4.41 Å². The van der Waals surface area contributed by atoms with Crippen LogP contribution in [0.3, 0.4) is 0 Å². The minimum Gasteiger partial charge on any atom is -0.230 e. The summed E-state index contributed by atoms with van der Waals surface area (Å²) < 4.78 is 2.29. The van der Waals surface area contributed by atoms with Gasteiger partial charge in [0.05, 0.1) is 17.5 Å². The van der Waals surface area contributed by atoms with Crippen LogP contribution >= 0.6 is 36.5 Å². The fourth-order valence-corrected chi connectivity index (χ4v) is 5.71. The van der Waals surface area contributed by atoms with E-state index in [9.17, 15) is 0 Å². The number of para-hydroxylation sites is 1. The predicted octanol–water partition coefficient (Wildman–Crippen LogP) is 4.40. The Labute approximate surface area is 165 Å². The van der Waals surface area contributed by atoms with Gasteiger partial charge in [0, 0.05) is 18.3 Å². The highest BCUT2D eigenvalue weighted by Crippen LogP contribution is 2.50. The number of quaternary nitrogens is 1. The molecule has 0 saturated carbocycles. The monoisotopic (exact) mass is 396 g/mol. The third-order valence-electron chi connectivity index (χ3n) is 4.22. The van der Waals surface area contributed by atoms with Gasteiger partial charge in [-0.25, -0.2) is 9.97 Å². The molecule has 0 N–H and O–H groups in total. The van der Waals surface area contributed by atoms with Crippen molar-refractivity contribution in [2.24, 2.45) is 5.10 Å². The Morgan fingerprint density at radius 1 is 0.962 bits per heavy atom. The third kappa shape index (κ3) is 2.44. The van der Waals surface area contributed by atoms with E-state index in [1.807, 2.05) is 46.9 Å². The molecule has 0 radical (unpaired) electrons. The maximum absolute atomic E-state index is 4.99. The minimum absolute atomic E-state index is 0.218. The van der Waals surface area contributed by atoms with Gasteiger partial charge in [-0.3, -0.25) is 0 Å². The highest BCUT2D eigenvalue weighted by atomic mass is 32.2. The summed E-state index contributed by atoms with van der Waals surface area (Å²) in [5, 5.41) is 6.51.